The van der Waals surface area contributed by atoms with Crippen LogP contribution in [0.15, 0.2) is 46.9 Å². The lowest BCUT2D eigenvalue weighted by molar-refractivity contribution is -0.120. The van der Waals surface area contributed by atoms with Crippen LogP contribution in [0.4, 0.5) is 0 Å². The number of ether oxygens (including phenoxy) is 1. The van der Waals surface area contributed by atoms with Crippen LogP contribution in [-0.2, 0) is 4.79 Å². The average molecular weight is 331 g/mol. The number of benzene rings is 1. The Labute approximate surface area is 138 Å². The molecule has 0 saturated heterocycles. The van der Waals surface area contributed by atoms with Gasteiger partial charge in [0.15, 0.2) is 0 Å². The van der Waals surface area contributed by atoms with Crippen LogP contribution in [-0.4, -0.2) is 31.2 Å². The number of hydrazone groups is 1. The number of amides is 2. The molecule has 0 aliphatic carbocycles. The highest BCUT2D eigenvalue weighted by molar-refractivity contribution is 7.12. The molecule has 0 aliphatic rings. The van der Waals surface area contributed by atoms with Crippen LogP contribution < -0.4 is 15.5 Å². The van der Waals surface area contributed by atoms with Crippen molar-refractivity contribution in [3.8, 4) is 5.75 Å². The minimum absolute atomic E-state index is 0.128. The van der Waals surface area contributed by atoms with Crippen molar-refractivity contribution in [3.05, 3.63) is 52.2 Å². The van der Waals surface area contributed by atoms with Crippen molar-refractivity contribution in [3.63, 3.8) is 0 Å². The maximum atomic E-state index is 11.7. The third-order valence-electron chi connectivity index (χ3n) is 2.75. The van der Waals surface area contributed by atoms with Gasteiger partial charge >= 0.3 is 0 Å². The lowest BCUT2D eigenvalue weighted by Crippen LogP contribution is -2.34. The predicted molar refractivity (Wildman–Crippen MR) is 90.0 cm³/mol. The second kappa shape index (κ2) is 8.70. The van der Waals surface area contributed by atoms with Gasteiger partial charge in [0.1, 0.15) is 5.75 Å². The second-order valence-electron chi connectivity index (χ2n) is 4.46. The van der Waals surface area contributed by atoms with Crippen molar-refractivity contribution < 1.29 is 14.3 Å². The summed E-state index contributed by atoms with van der Waals surface area (Å²) in [6.45, 7) is 2.40. The van der Waals surface area contributed by atoms with E-state index in [1.807, 2.05) is 31.2 Å². The zero-order chi connectivity index (χ0) is 16.5. The first-order valence-corrected chi connectivity index (χ1v) is 7.93. The van der Waals surface area contributed by atoms with Crippen LogP contribution in [0.1, 0.15) is 22.2 Å². The maximum absolute atomic E-state index is 11.7. The van der Waals surface area contributed by atoms with Crippen molar-refractivity contribution in [1.82, 2.24) is 10.7 Å². The third-order valence-corrected chi connectivity index (χ3v) is 3.62. The van der Waals surface area contributed by atoms with Gasteiger partial charge in [0.2, 0.25) is 0 Å². The SMILES string of the molecule is CCOc1ccc(/C=N/NC(=O)CNC(=O)c2cccs2)cc1. The summed E-state index contributed by atoms with van der Waals surface area (Å²) in [6, 6.07) is 10.8. The molecular formula is C16H17N3O3S. The van der Waals surface area contributed by atoms with Gasteiger partial charge in [-0.15, -0.1) is 11.3 Å². The van der Waals surface area contributed by atoms with Crippen LogP contribution in [0.2, 0.25) is 0 Å². The molecule has 0 atom stereocenters. The number of hydrogen-bond acceptors (Lipinski definition) is 5. The minimum Gasteiger partial charge on any atom is -0.494 e. The number of rotatable bonds is 7. The topological polar surface area (TPSA) is 79.8 Å². The highest BCUT2D eigenvalue weighted by Crippen LogP contribution is 2.10. The van der Waals surface area contributed by atoms with Gasteiger partial charge in [-0.05, 0) is 48.2 Å². The number of carbonyl (C=O) groups excluding carboxylic acids is 2. The molecule has 0 unspecified atom stereocenters. The molecule has 23 heavy (non-hydrogen) atoms. The van der Waals surface area contributed by atoms with E-state index >= 15 is 0 Å². The molecule has 2 aromatic rings. The lowest BCUT2D eigenvalue weighted by Gasteiger charge is -2.03. The average Bonchev–Trinajstić information content (AvgIpc) is 3.09. The van der Waals surface area contributed by atoms with Crippen molar-refractivity contribution in [1.29, 1.82) is 0 Å². The Bertz CT molecular complexity index is 666. The van der Waals surface area contributed by atoms with Gasteiger partial charge in [-0.1, -0.05) is 6.07 Å². The molecule has 0 bridgehead atoms. The summed E-state index contributed by atoms with van der Waals surface area (Å²) < 4.78 is 5.33. The number of hydrogen-bond donors (Lipinski definition) is 2. The van der Waals surface area contributed by atoms with E-state index in [1.54, 1.807) is 17.5 Å². The Hall–Kier alpha value is -2.67. The first kappa shape index (κ1) is 16.7. The molecule has 0 saturated carbocycles. The smallest absolute Gasteiger partial charge is 0.261 e. The molecule has 1 heterocycles. The highest BCUT2D eigenvalue weighted by atomic mass is 32.1. The van der Waals surface area contributed by atoms with Gasteiger partial charge in [-0.25, -0.2) is 5.43 Å². The molecule has 6 nitrogen and oxygen atoms in total. The fraction of sp³-hybridized carbons (Fsp3) is 0.188. The molecule has 2 amide bonds. The Morgan fingerprint density at radius 1 is 1.26 bits per heavy atom. The van der Waals surface area contributed by atoms with Gasteiger partial charge < -0.3 is 10.1 Å². The van der Waals surface area contributed by atoms with E-state index in [4.69, 9.17) is 4.74 Å². The Morgan fingerprint density at radius 3 is 2.70 bits per heavy atom. The normalized spacial score (nSPS) is 10.5. The largest absolute Gasteiger partial charge is 0.494 e. The Kier molecular flexibility index (Phi) is 6.31. The van der Waals surface area contributed by atoms with E-state index in [2.05, 4.69) is 15.8 Å². The fourth-order valence-electron chi connectivity index (χ4n) is 1.69. The van der Waals surface area contributed by atoms with Gasteiger partial charge in [-0.3, -0.25) is 9.59 Å². The number of nitrogens with one attached hydrogen (secondary N) is 2. The van der Waals surface area contributed by atoms with Crippen LogP contribution in [0.5, 0.6) is 5.75 Å². The van der Waals surface area contributed by atoms with E-state index < -0.39 is 5.91 Å². The molecule has 120 valence electrons. The summed E-state index contributed by atoms with van der Waals surface area (Å²) >= 11 is 1.32. The summed E-state index contributed by atoms with van der Waals surface area (Å²) in [7, 11) is 0. The van der Waals surface area contributed by atoms with Gasteiger partial charge in [0.25, 0.3) is 11.8 Å². The maximum Gasteiger partial charge on any atom is 0.261 e. The Balaban J connectivity index is 1.74. The summed E-state index contributed by atoms with van der Waals surface area (Å²) in [6.07, 6.45) is 1.52. The number of nitrogens with zero attached hydrogens (tertiary/aromatic N) is 1. The van der Waals surface area contributed by atoms with Gasteiger partial charge in [0.05, 0.1) is 24.2 Å². The molecule has 7 heteroatoms. The first-order valence-electron chi connectivity index (χ1n) is 7.05. The Morgan fingerprint density at radius 2 is 2.04 bits per heavy atom. The van der Waals surface area contributed by atoms with Crippen molar-refractivity contribution in [2.75, 3.05) is 13.2 Å². The molecule has 2 rings (SSSR count). The molecule has 1 aromatic carbocycles. The molecule has 1 aromatic heterocycles. The van der Waals surface area contributed by atoms with E-state index in [0.29, 0.717) is 11.5 Å². The predicted octanol–water partition coefficient (Wildman–Crippen LogP) is 2.03. The van der Waals surface area contributed by atoms with Crippen LogP contribution in [0, 0.1) is 0 Å². The first-order chi connectivity index (χ1) is 11.2. The second-order valence-corrected chi connectivity index (χ2v) is 5.40. The number of thiophene rings is 1. The summed E-state index contributed by atoms with van der Waals surface area (Å²) in [5.74, 6) is 0.118. The lowest BCUT2D eigenvalue weighted by atomic mass is 10.2. The highest BCUT2D eigenvalue weighted by Gasteiger charge is 2.07. The summed E-state index contributed by atoms with van der Waals surface area (Å²) in [4.78, 5) is 23.8. The molecule has 0 spiro atoms. The third kappa shape index (κ3) is 5.55. The zero-order valence-corrected chi connectivity index (χ0v) is 13.4. The quantitative estimate of drug-likeness (QED) is 0.602. The standard InChI is InChI=1S/C16H17N3O3S/c1-2-22-13-7-5-12(6-8-13)10-18-19-15(20)11-17-16(21)14-4-3-9-23-14/h3-10H,2,11H2,1H3,(H,17,21)(H,19,20)/b18-10+. The fourth-order valence-corrected chi connectivity index (χ4v) is 2.33. The van der Waals surface area contributed by atoms with E-state index in [1.165, 1.54) is 17.6 Å². The van der Waals surface area contributed by atoms with Gasteiger partial charge in [-0.2, -0.15) is 5.10 Å². The molecule has 0 radical (unpaired) electrons. The molecule has 0 aliphatic heterocycles. The molecule has 2 N–H and O–H groups in total. The summed E-state index contributed by atoms with van der Waals surface area (Å²) in [5.41, 5.74) is 3.19. The monoisotopic (exact) mass is 331 g/mol. The van der Waals surface area contributed by atoms with Crippen molar-refractivity contribution >= 4 is 29.4 Å². The van der Waals surface area contributed by atoms with E-state index in [0.717, 1.165) is 11.3 Å². The van der Waals surface area contributed by atoms with Crippen molar-refractivity contribution in [2.24, 2.45) is 5.10 Å². The summed E-state index contributed by atoms with van der Waals surface area (Å²) in [5, 5.41) is 8.17. The van der Waals surface area contributed by atoms with Crippen LogP contribution >= 0.6 is 11.3 Å². The molecular weight excluding hydrogens is 314 g/mol. The molecule has 0 fully saturated rings. The van der Waals surface area contributed by atoms with E-state index in [-0.39, 0.29) is 12.5 Å². The van der Waals surface area contributed by atoms with Crippen LogP contribution in [0.25, 0.3) is 0 Å². The minimum atomic E-state index is -0.392. The van der Waals surface area contributed by atoms with E-state index in [9.17, 15) is 9.59 Å². The zero-order valence-electron chi connectivity index (χ0n) is 12.6. The van der Waals surface area contributed by atoms with Gasteiger partial charge in [0, 0.05) is 0 Å². The number of carbonyl (C=O) groups is 2. The van der Waals surface area contributed by atoms with Crippen molar-refractivity contribution in [2.45, 2.75) is 6.92 Å². The van der Waals surface area contributed by atoms with Crippen LogP contribution in [0.3, 0.4) is 0 Å².